The Morgan fingerprint density at radius 1 is 1.23 bits per heavy atom. The number of nitrogens with one attached hydrogen (secondary N) is 1. The third-order valence-electron chi connectivity index (χ3n) is 4.99. The lowest BCUT2D eigenvalue weighted by molar-refractivity contribution is 0.00905. The summed E-state index contributed by atoms with van der Waals surface area (Å²) in [5.74, 6) is -2.72. The summed E-state index contributed by atoms with van der Waals surface area (Å²) < 4.78 is 54.4. The number of amidine groups is 1. The Labute approximate surface area is 180 Å². The van der Waals surface area contributed by atoms with Gasteiger partial charge < -0.3 is 20.5 Å². The molecule has 1 amide bonds. The van der Waals surface area contributed by atoms with Crippen LogP contribution in [-0.4, -0.2) is 42.4 Å². The molecule has 0 saturated carbocycles. The molecule has 2 atom stereocenters. The van der Waals surface area contributed by atoms with Crippen LogP contribution in [0.4, 0.5) is 18.9 Å². The molecule has 8 nitrogen and oxygen atoms in total. The van der Waals surface area contributed by atoms with E-state index in [1.54, 1.807) is 6.07 Å². The molecule has 162 valence electrons. The van der Waals surface area contributed by atoms with Crippen molar-refractivity contribution in [2.75, 3.05) is 25.1 Å². The van der Waals surface area contributed by atoms with Crippen molar-refractivity contribution in [1.82, 2.24) is 4.98 Å². The topological polar surface area (TPSA) is 123 Å². The van der Waals surface area contributed by atoms with Crippen LogP contribution in [0.1, 0.15) is 21.6 Å². The van der Waals surface area contributed by atoms with Gasteiger partial charge in [-0.2, -0.15) is 5.26 Å². The minimum Gasteiger partial charge on any atom is -0.462 e. The summed E-state index contributed by atoms with van der Waals surface area (Å²) in [6.45, 7) is -1.13. The van der Waals surface area contributed by atoms with Gasteiger partial charge in [0.05, 0.1) is 18.8 Å². The van der Waals surface area contributed by atoms with Gasteiger partial charge in [0.1, 0.15) is 18.5 Å². The van der Waals surface area contributed by atoms with Crippen molar-refractivity contribution >= 4 is 30.0 Å². The van der Waals surface area contributed by atoms with Crippen LogP contribution in [0.3, 0.4) is 0 Å². The summed E-state index contributed by atoms with van der Waals surface area (Å²) >= 11 is 0. The van der Waals surface area contributed by atoms with Gasteiger partial charge in [-0.25, -0.2) is 23.1 Å². The van der Waals surface area contributed by atoms with Crippen molar-refractivity contribution in [2.24, 2.45) is 10.7 Å². The fourth-order valence-corrected chi connectivity index (χ4v) is 3.47. The lowest BCUT2D eigenvalue weighted by Crippen LogP contribution is -2.55. The molecule has 3 heterocycles. The lowest BCUT2D eigenvalue weighted by atomic mass is 9.78. The van der Waals surface area contributed by atoms with Gasteiger partial charge in [0.15, 0.2) is 22.7 Å². The second-order valence-electron chi connectivity index (χ2n) is 6.87. The highest BCUT2D eigenvalue weighted by molar-refractivity contribution is 6.03. The Morgan fingerprint density at radius 2 is 2.00 bits per heavy atom. The monoisotopic (exact) mass is 453 g/mol. The van der Waals surface area contributed by atoms with Crippen LogP contribution in [0, 0.1) is 23.0 Å². The van der Waals surface area contributed by atoms with E-state index in [9.17, 15) is 13.6 Å². The number of nitrogens with two attached hydrogens (primary N) is 1. The number of ether oxygens (including phenoxy) is 2. The maximum atomic E-state index is 15.5. The third-order valence-corrected chi connectivity index (χ3v) is 4.99. The highest BCUT2D eigenvalue weighted by Gasteiger charge is 2.62. The molecule has 1 aromatic heterocycles. The molecule has 2 aromatic rings. The third kappa shape index (κ3) is 3.64. The second kappa shape index (κ2) is 8.05. The number of benzene rings is 1. The predicted octanol–water partition coefficient (Wildman–Crippen LogP) is 2.18. The number of aromatic nitrogens is 1. The molecule has 2 aliphatic rings. The molecule has 1 saturated heterocycles. The molecule has 0 unspecified atom stereocenters. The summed E-state index contributed by atoms with van der Waals surface area (Å²) in [5, 5.41) is 11.1. The summed E-state index contributed by atoms with van der Waals surface area (Å²) in [4.78, 5) is 20.0. The van der Waals surface area contributed by atoms with E-state index < -0.39 is 41.1 Å². The average Bonchev–Trinajstić information content (AvgIpc) is 3.06. The number of hydrogen-bond donors (Lipinski definition) is 2. The van der Waals surface area contributed by atoms with E-state index in [1.807, 2.05) is 0 Å². The zero-order chi connectivity index (χ0) is 21.5. The van der Waals surface area contributed by atoms with Crippen molar-refractivity contribution < 1.29 is 27.4 Å². The van der Waals surface area contributed by atoms with E-state index in [2.05, 4.69) is 15.3 Å². The zero-order valence-corrected chi connectivity index (χ0v) is 16.5. The standard InChI is InChI=1S/C19H14F3N5O3.ClH/c20-13-2-1-11(26-16(28)15-14(21)3-10(5-23)6-25-15)4-12(13)19-9-29-7-18(19,22)8-30-17(24)27-19;/h1-4,6H,7-9H2,(H2,24,27)(H,26,28);1H/t18-,19-;/m1./s1. The maximum absolute atomic E-state index is 15.5. The van der Waals surface area contributed by atoms with Crippen molar-refractivity contribution in [3.05, 3.63) is 58.9 Å². The number of anilines is 1. The molecule has 12 heteroatoms. The van der Waals surface area contributed by atoms with Crippen LogP contribution in [0.5, 0.6) is 0 Å². The molecule has 3 N–H and O–H groups in total. The highest BCUT2D eigenvalue weighted by atomic mass is 35.5. The Kier molecular flexibility index (Phi) is 5.80. The number of rotatable bonds is 3. The smallest absolute Gasteiger partial charge is 0.283 e. The van der Waals surface area contributed by atoms with Crippen LogP contribution in [0.25, 0.3) is 0 Å². The molecular formula is C19H15ClF3N5O3. The van der Waals surface area contributed by atoms with Gasteiger partial charge in [-0.15, -0.1) is 12.4 Å². The van der Waals surface area contributed by atoms with Crippen molar-refractivity contribution in [2.45, 2.75) is 11.2 Å². The molecule has 2 aliphatic heterocycles. The number of fused-ring (bicyclic) bond motifs is 1. The SMILES string of the molecule is Cl.N#Cc1cnc(C(=O)Nc2ccc(F)c([C@]34COC[C@@]3(F)COC(N)=N4)c2)c(F)c1. The Balaban J connectivity index is 0.00000272. The van der Waals surface area contributed by atoms with Gasteiger partial charge in [-0.3, -0.25) is 4.79 Å². The molecule has 0 bridgehead atoms. The van der Waals surface area contributed by atoms with Gasteiger partial charge >= 0.3 is 0 Å². The van der Waals surface area contributed by atoms with Crippen molar-refractivity contribution in [3.8, 4) is 6.07 Å². The Bertz CT molecular complexity index is 1130. The molecule has 0 radical (unpaired) electrons. The van der Waals surface area contributed by atoms with E-state index in [-0.39, 0.29) is 48.5 Å². The van der Waals surface area contributed by atoms with Crippen LogP contribution in [0.15, 0.2) is 35.5 Å². The average molecular weight is 454 g/mol. The predicted molar refractivity (Wildman–Crippen MR) is 104 cm³/mol. The second-order valence-corrected chi connectivity index (χ2v) is 6.87. The van der Waals surface area contributed by atoms with Crippen LogP contribution in [0.2, 0.25) is 0 Å². The maximum Gasteiger partial charge on any atom is 0.283 e. The van der Waals surface area contributed by atoms with Crippen LogP contribution < -0.4 is 11.1 Å². The first-order chi connectivity index (χ1) is 14.3. The summed E-state index contributed by atoms with van der Waals surface area (Å²) in [6.07, 6.45) is 1.04. The molecule has 0 aliphatic carbocycles. The summed E-state index contributed by atoms with van der Waals surface area (Å²) in [6, 6.07) is 5.67. The van der Waals surface area contributed by atoms with Gasteiger partial charge in [-0.05, 0) is 24.3 Å². The number of nitriles is 1. The number of hydrogen-bond acceptors (Lipinski definition) is 7. The fraction of sp³-hybridized carbons (Fsp3) is 0.263. The number of carbonyl (C=O) groups excluding carboxylic acids is 1. The quantitative estimate of drug-likeness (QED) is 0.734. The largest absolute Gasteiger partial charge is 0.462 e. The van der Waals surface area contributed by atoms with Gasteiger partial charge in [0.25, 0.3) is 11.9 Å². The van der Waals surface area contributed by atoms with E-state index in [4.69, 9.17) is 20.5 Å². The number of nitrogens with zero attached hydrogens (tertiary/aromatic N) is 3. The number of alkyl halides is 1. The van der Waals surface area contributed by atoms with Crippen molar-refractivity contribution in [1.29, 1.82) is 5.26 Å². The fourth-order valence-electron chi connectivity index (χ4n) is 3.47. The molecule has 1 fully saturated rings. The minimum absolute atomic E-state index is 0. The number of halogens is 4. The number of aliphatic imine (C=N–C) groups is 1. The Hall–Kier alpha value is -3.36. The first kappa shape index (κ1) is 22.3. The lowest BCUT2D eigenvalue weighted by Gasteiger charge is -2.38. The van der Waals surface area contributed by atoms with Crippen molar-refractivity contribution in [3.63, 3.8) is 0 Å². The summed E-state index contributed by atoms with van der Waals surface area (Å²) in [5.41, 5.74) is 0.877. The van der Waals surface area contributed by atoms with Gasteiger partial charge in [-0.1, -0.05) is 0 Å². The molecule has 4 rings (SSSR count). The Morgan fingerprint density at radius 3 is 2.71 bits per heavy atom. The molecule has 0 spiro atoms. The molecular weight excluding hydrogens is 439 g/mol. The van der Waals surface area contributed by atoms with Crippen LogP contribution >= 0.6 is 12.4 Å². The number of carbonyl (C=O) groups is 1. The van der Waals surface area contributed by atoms with E-state index in [0.717, 1.165) is 18.3 Å². The summed E-state index contributed by atoms with van der Waals surface area (Å²) in [7, 11) is 0. The van der Waals surface area contributed by atoms with Crippen LogP contribution in [-0.2, 0) is 15.0 Å². The number of amides is 1. The van der Waals surface area contributed by atoms with Gasteiger partial charge in [0.2, 0.25) is 0 Å². The number of pyridine rings is 1. The molecule has 1 aromatic carbocycles. The minimum atomic E-state index is -2.17. The van der Waals surface area contributed by atoms with E-state index in [1.165, 1.54) is 12.1 Å². The van der Waals surface area contributed by atoms with E-state index >= 15 is 4.39 Å². The van der Waals surface area contributed by atoms with E-state index in [0.29, 0.717) is 0 Å². The normalized spacial score (nSPS) is 24.1. The highest BCUT2D eigenvalue weighted by Crippen LogP contribution is 2.48. The molecule has 31 heavy (non-hydrogen) atoms. The first-order valence-corrected chi connectivity index (χ1v) is 8.70. The van der Waals surface area contributed by atoms with Gasteiger partial charge in [0, 0.05) is 17.4 Å². The zero-order valence-electron chi connectivity index (χ0n) is 15.7. The first-order valence-electron chi connectivity index (χ1n) is 8.70.